The van der Waals surface area contributed by atoms with Gasteiger partial charge in [-0.15, -0.1) is 0 Å². The Hall–Kier alpha value is -3.14. The van der Waals surface area contributed by atoms with E-state index in [4.69, 9.17) is 0 Å². The predicted molar refractivity (Wildman–Crippen MR) is 150 cm³/mol. The van der Waals surface area contributed by atoms with Gasteiger partial charge in [0, 0.05) is 31.2 Å². The molecular formula is C31H22Br2O. The lowest BCUT2D eigenvalue weighted by molar-refractivity contribution is 0.479. The average molecular weight is 570 g/mol. The first-order valence-corrected chi connectivity index (χ1v) is 12.7. The van der Waals surface area contributed by atoms with Gasteiger partial charge in [-0.1, -0.05) is 119 Å². The van der Waals surface area contributed by atoms with Gasteiger partial charge in [0.1, 0.15) is 5.75 Å². The maximum absolute atomic E-state index is 12.0. The molecule has 0 saturated carbocycles. The molecule has 0 spiro atoms. The molecule has 0 atom stereocenters. The van der Waals surface area contributed by atoms with E-state index >= 15 is 0 Å². The molecule has 1 nitrogen and oxygen atoms in total. The van der Waals surface area contributed by atoms with Crippen molar-refractivity contribution in [2.45, 2.75) is 6.92 Å². The van der Waals surface area contributed by atoms with Crippen molar-refractivity contribution in [2.75, 3.05) is 0 Å². The van der Waals surface area contributed by atoms with Crippen LogP contribution in [0.1, 0.15) is 5.56 Å². The molecule has 0 heterocycles. The standard InChI is InChI=1S/C31H22Br2O/c1-20-12-14-23(15-13-20)28-26(21-8-4-2-5-9-21)30(33)27(22-10-6-3-7-11-22)29(31(28)34)24-16-18-25(32)19-17-24/h2-19,34H,1H3. The van der Waals surface area contributed by atoms with Gasteiger partial charge in [-0.3, -0.25) is 0 Å². The van der Waals surface area contributed by atoms with Crippen LogP contribution in [0.5, 0.6) is 5.75 Å². The monoisotopic (exact) mass is 568 g/mol. The largest absolute Gasteiger partial charge is 0.507 e. The maximum atomic E-state index is 12.0. The van der Waals surface area contributed by atoms with Crippen LogP contribution < -0.4 is 0 Å². The molecule has 0 bridgehead atoms. The third kappa shape index (κ3) is 4.22. The Balaban J connectivity index is 1.95. The molecule has 0 unspecified atom stereocenters. The van der Waals surface area contributed by atoms with E-state index in [0.29, 0.717) is 0 Å². The Kier molecular flexibility index (Phi) is 6.40. The van der Waals surface area contributed by atoms with Gasteiger partial charge in [0.15, 0.2) is 0 Å². The molecule has 0 aliphatic carbocycles. The third-order valence-electron chi connectivity index (χ3n) is 6.01. The molecule has 3 heteroatoms. The summed E-state index contributed by atoms with van der Waals surface area (Å²) in [4.78, 5) is 0. The Bertz CT molecular complexity index is 1330. The molecule has 0 aliphatic rings. The molecule has 5 aromatic carbocycles. The molecule has 34 heavy (non-hydrogen) atoms. The van der Waals surface area contributed by atoms with E-state index in [1.807, 2.05) is 60.7 Å². The first-order chi connectivity index (χ1) is 16.5. The molecule has 0 fully saturated rings. The zero-order valence-electron chi connectivity index (χ0n) is 18.6. The minimum Gasteiger partial charge on any atom is -0.507 e. The highest BCUT2D eigenvalue weighted by Crippen LogP contribution is 2.54. The van der Waals surface area contributed by atoms with Crippen LogP contribution in [-0.4, -0.2) is 5.11 Å². The lowest BCUT2D eigenvalue weighted by Gasteiger charge is -2.23. The van der Waals surface area contributed by atoms with E-state index in [9.17, 15) is 5.11 Å². The van der Waals surface area contributed by atoms with E-state index < -0.39 is 0 Å². The first-order valence-electron chi connectivity index (χ1n) is 11.1. The van der Waals surface area contributed by atoms with Crippen LogP contribution in [0.25, 0.3) is 44.5 Å². The molecule has 0 aromatic heterocycles. The summed E-state index contributed by atoms with van der Waals surface area (Å²) in [5, 5.41) is 12.0. The van der Waals surface area contributed by atoms with Gasteiger partial charge in [-0.25, -0.2) is 0 Å². The molecule has 5 rings (SSSR count). The smallest absolute Gasteiger partial charge is 0.132 e. The maximum Gasteiger partial charge on any atom is 0.132 e. The minimum absolute atomic E-state index is 0.270. The lowest BCUT2D eigenvalue weighted by Crippen LogP contribution is -1.96. The lowest BCUT2D eigenvalue weighted by atomic mass is 9.84. The number of phenols is 1. The molecule has 0 amide bonds. The number of aromatic hydroxyl groups is 1. The van der Waals surface area contributed by atoms with Crippen LogP contribution in [0.2, 0.25) is 0 Å². The predicted octanol–water partition coefficient (Wildman–Crippen LogP) is 9.89. The Labute approximate surface area is 217 Å². The fourth-order valence-corrected chi connectivity index (χ4v) is 5.48. The van der Waals surface area contributed by atoms with Gasteiger partial charge in [0.25, 0.3) is 0 Å². The zero-order chi connectivity index (χ0) is 23.7. The first kappa shape index (κ1) is 22.6. The van der Waals surface area contributed by atoms with Crippen LogP contribution in [-0.2, 0) is 0 Å². The average Bonchev–Trinajstić information content (AvgIpc) is 2.87. The number of hydrogen-bond acceptors (Lipinski definition) is 1. The summed E-state index contributed by atoms with van der Waals surface area (Å²) in [7, 11) is 0. The number of aryl methyl sites for hydroxylation is 1. The van der Waals surface area contributed by atoms with Crippen molar-refractivity contribution in [3.8, 4) is 50.3 Å². The molecule has 1 N–H and O–H groups in total. The van der Waals surface area contributed by atoms with Crippen molar-refractivity contribution in [3.63, 3.8) is 0 Å². The second kappa shape index (κ2) is 9.61. The second-order valence-corrected chi connectivity index (χ2v) is 9.98. The summed E-state index contributed by atoms with van der Waals surface area (Å²) in [6.45, 7) is 2.07. The van der Waals surface area contributed by atoms with Crippen LogP contribution in [0.15, 0.2) is 118 Å². The van der Waals surface area contributed by atoms with Crippen LogP contribution in [0.4, 0.5) is 0 Å². The van der Waals surface area contributed by atoms with Crippen molar-refractivity contribution in [1.29, 1.82) is 0 Å². The summed E-state index contributed by atoms with van der Waals surface area (Å²) in [5.74, 6) is 0.270. The highest BCUT2D eigenvalue weighted by Gasteiger charge is 2.26. The Morgan fingerprint density at radius 2 is 0.853 bits per heavy atom. The van der Waals surface area contributed by atoms with Gasteiger partial charge in [0.2, 0.25) is 0 Å². The van der Waals surface area contributed by atoms with Gasteiger partial charge in [0.05, 0.1) is 0 Å². The van der Waals surface area contributed by atoms with Crippen molar-refractivity contribution >= 4 is 31.9 Å². The van der Waals surface area contributed by atoms with Gasteiger partial charge >= 0.3 is 0 Å². The fourth-order valence-electron chi connectivity index (χ4n) is 4.36. The summed E-state index contributed by atoms with van der Waals surface area (Å²) in [6, 6.07) is 36.9. The van der Waals surface area contributed by atoms with E-state index in [1.165, 1.54) is 5.56 Å². The molecule has 0 radical (unpaired) electrons. The number of hydrogen-bond donors (Lipinski definition) is 1. The summed E-state index contributed by atoms with van der Waals surface area (Å²) < 4.78 is 1.95. The molecule has 5 aromatic rings. The van der Waals surface area contributed by atoms with Crippen LogP contribution in [0.3, 0.4) is 0 Å². The normalized spacial score (nSPS) is 10.9. The van der Waals surface area contributed by atoms with Crippen LogP contribution in [0, 0.1) is 6.92 Å². The number of phenolic OH excluding ortho intramolecular Hbond substituents is 1. The quantitative estimate of drug-likeness (QED) is 0.228. The Morgan fingerprint density at radius 3 is 1.29 bits per heavy atom. The minimum atomic E-state index is 0.270. The van der Waals surface area contributed by atoms with E-state index in [-0.39, 0.29) is 5.75 Å². The van der Waals surface area contributed by atoms with Crippen LogP contribution >= 0.6 is 31.9 Å². The summed E-state index contributed by atoms with van der Waals surface area (Å²) >= 11 is 7.54. The van der Waals surface area contributed by atoms with E-state index in [2.05, 4.69) is 87.3 Å². The summed E-state index contributed by atoms with van der Waals surface area (Å²) in [5.41, 5.74) is 8.75. The summed E-state index contributed by atoms with van der Waals surface area (Å²) in [6.07, 6.45) is 0. The van der Waals surface area contributed by atoms with E-state index in [0.717, 1.165) is 53.5 Å². The zero-order valence-corrected chi connectivity index (χ0v) is 21.8. The molecule has 0 aliphatic heterocycles. The fraction of sp³-hybridized carbons (Fsp3) is 0.0323. The van der Waals surface area contributed by atoms with Crippen molar-refractivity contribution in [2.24, 2.45) is 0 Å². The third-order valence-corrected chi connectivity index (χ3v) is 7.33. The van der Waals surface area contributed by atoms with Gasteiger partial charge < -0.3 is 5.11 Å². The SMILES string of the molecule is Cc1ccc(-c2c(O)c(-c3ccc(Br)cc3)c(-c3ccccc3)c(Br)c2-c2ccccc2)cc1. The molecular weight excluding hydrogens is 548 g/mol. The van der Waals surface area contributed by atoms with E-state index in [1.54, 1.807) is 0 Å². The Morgan fingerprint density at radius 1 is 0.471 bits per heavy atom. The van der Waals surface area contributed by atoms with Crippen molar-refractivity contribution in [1.82, 2.24) is 0 Å². The number of rotatable bonds is 4. The molecule has 166 valence electrons. The highest BCUT2D eigenvalue weighted by molar-refractivity contribution is 9.11. The highest BCUT2D eigenvalue weighted by atomic mass is 79.9. The van der Waals surface area contributed by atoms with Gasteiger partial charge in [-0.2, -0.15) is 0 Å². The van der Waals surface area contributed by atoms with Crippen molar-refractivity contribution < 1.29 is 5.11 Å². The second-order valence-electron chi connectivity index (χ2n) is 8.27. The van der Waals surface area contributed by atoms with Crippen molar-refractivity contribution in [3.05, 3.63) is 124 Å². The van der Waals surface area contributed by atoms with Gasteiger partial charge in [-0.05, 0) is 57.2 Å². The number of halogens is 2. The topological polar surface area (TPSA) is 20.2 Å². The number of benzene rings is 5. The molecule has 0 saturated heterocycles.